The molecule has 0 aliphatic carbocycles. The van der Waals surface area contributed by atoms with Crippen LogP contribution in [0.25, 0.3) is 12.2 Å². The molecule has 2 nitrogen and oxygen atoms in total. The fourth-order valence-electron chi connectivity index (χ4n) is 1.83. The molecule has 2 rings (SSSR count). The third-order valence-corrected chi connectivity index (χ3v) is 3.68. The maximum absolute atomic E-state index is 5.46. The van der Waals surface area contributed by atoms with Crippen LogP contribution in [-0.4, -0.2) is 13.7 Å². The summed E-state index contributed by atoms with van der Waals surface area (Å²) < 4.78 is 5.46. The van der Waals surface area contributed by atoms with Crippen molar-refractivity contribution in [1.82, 2.24) is 5.32 Å². The number of hydrogen-bond acceptors (Lipinski definition) is 3. The van der Waals surface area contributed by atoms with Gasteiger partial charge < -0.3 is 10.1 Å². The molecule has 1 aromatic carbocycles. The Morgan fingerprint density at radius 2 is 2.16 bits per heavy atom. The van der Waals surface area contributed by atoms with Crippen LogP contribution in [-0.2, 0) is 6.54 Å². The van der Waals surface area contributed by atoms with Gasteiger partial charge in [0, 0.05) is 17.0 Å². The summed E-state index contributed by atoms with van der Waals surface area (Å²) in [7, 11) is 1.72. The van der Waals surface area contributed by atoms with Crippen molar-refractivity contribution < 1.29 is 4.74 Å². The molecule has 3 heteroatoms. The van der Waals surface area contributed by atoms with Gasteiger partial charge in [0.2, 0.25) is 0 Å². The Labute approximate surface area is 118 Å². The van der Waals surface area contributed by atoms with E-state index in [1.54, 1.807) is 18.4 Å². The quantitative estimate of drug-likeness (QED) is 0.857. The lowest BCUT2D eigenvalue weighted by Crippen LogP contribution is -2.11. The van der Waals surface area contributed by atoms with Crippen molar-refractivity contribution in [3.63, 3.8) is 0 Å². The summed E-state index contributed by atoms with van der Waals surface area (Å²) in [5.41, 5.74) is 2.35. The van der Waals surface area contributed by atoms with Gasteiger partial charge in [-0.05, 0) is 41.8 Å². The van der Waals surface area contributed by atoms with E-state index >= 15 is 0 Å². The van der Waals surface area contributed by atoms with E-state index in [0.29, 0.717) is 0 Å². The Morgan fingerprint density at radius 3 is 2.84 bits per heavy atom. The number of nitrogens with one attached hydrogen (secondary N) is 1. The second-order valence-corrected chi connectivity index (χ2v) is 5.18. The first-order chi connectivity index (χ1) is 9.33. The van der Waals surface area contributed by atoms with Gasteiger partial charge in [0.1, 0.15) is 5.75 Å². The fourth-order valence-corrected chi connectivity index (χ4v) is 2.45. The van der Waals surface area contributed by atoms with Gasteiger partial charge in [-0.3, -0.25) is 0 Å². The predicted octanol–water partition coefficient (Wildman–Crippen LogP) is 4.04. The van der Waals surface area contributed by atoms with Gasteiger partial charge in [-0.2, -0.15) is 0 Å². The van der Waals surface area contributed by atoms with Gasteiger partial charge in [-0.1, -0.05) is 25.1 Å². The van der Waals surface area contributed by atoms with Gasteiger partial charge in [0.15, 0.2) is 0 Å². The van der Waals surface area contributed by atoms with Crippen LogP contribution in [0.4, 0.5) is 0 Å². The summed E-state index contributed by atoms with van der Waals surface area (Å²) in [4.78, 5) is 1.25. The normalized spacial score (nSPS) is 11.1. The van der Waals surface area contributed by atoms with Gasteiger partial charge in [-0.25, -0.2) is 0 Å². The van der Waals surface area contributed by atoms with E-state index in [9.17, 15) is 0 Å². The van der Waals surface area contributed by atoms with E-state index in [4.69, 9.17) is 4.74 Å². The molecule has 19 heavy (non-hydrogen) atoms. The molecule has 0 saturated carbocycles. The number of methoxy groups -OCH3 is 1. The van der Waals surface area contributed by atoms with E-state index in [2.05, 4.69) is 60.1 Å². The molecule has 0 atom stereocenters. The van der Waals surface area contributed by atoms with Crippen LogP contribution < -0.4 is 10.1 Å². The minimum Gasteiger partial charge on any atom is -0.496 e. The lowest BCUT2D eigenvalue weighted by atomic mass is 10.1. The topological polar surface area (TPSA) is 21.3 Å². The van der Waals surface area contributed by atoms with Gasteiger partial charge in [0.05, 0.1) is 7.11 Å². The highest BCUT2D eigenvalue weighted by Crippen LogP contribution is 2.23. The molecule has 0 radical (unpaired) electrons. The molecule has 1 N–H and O–H groups in total. The summed E-state index contributed by atoms with van der Waals surface area (Å²) in [6.45, 7) is 3.96. The van der Waals surface area contributed by atoms with Gasteiger partial charge in [-0.15, -0.1) is 11.3 Å². The maximum Gasteiger partial charge on any atom is 0.126 e. The van der Waals surface area contributed by atoms with Crippen molar-refractivity contribution >= 4 is 23.5 Å². The molecular formula is C16H19NOS. The maximum atomic E-state index is 5.46. The van der Waals surface area contributed by atoms with Gasteiger partial charge in [0.25, 0.3) is 0 Å². The Morgan fingerprint density at radius 1 is 1.26 bits per heavy atom. The van der Waals surface area contributed by atoms with Crippen LogP contribution in [0.5, 0.6) is 5.75 Å². The molecule has 0 spiro atoms. The summed E-state index contributed by atoms with van der Waals surface area (Å²) in [5, 5.41) is 5.40. The molecule has 0 aliphatic rings. The van der Waals surface area contributed by atoms with E-state index < -0.39 is 0 Å². The van der Waals surface area contributed by atoms with Crippen LogP contribution in [0.3, 0.4) is 0 Å². The summed E-state index contributed by atoms with van der Waals surface area (Å²) in [6.07, 6.45) is 4.22. The highest BCUT2D eigenvalue weighted by atomic mass is 32.1. The standard InChI is InChI=1S/C16H19NOS/c1-3-17-12-13-6-7-14(16(11-13)18-2)8-9-15-5-4-10-19-15/h4-11,17H,3,12H2,1-2H3. The van der Waals surface area contributed by atoms with Crippen molar-refractivity contribution in [2.45, 2.75) is 13.5 Å². The van der Waals surface area contributed by atoms with E-state index in [1.165, 1.54) is 10.4 Å². The Hall–Kier alpha value is -1.58. The van der Waals surface area contributed by atoms with Crippen molar-refractivity contribution in [3.8, 4) is 5.75 Å². The average molecular weight is 273 g/mol. The summed E-state index contributed by atoms with van der Waals surface area (Å²) in [5.74, 6) is 0.920. The van der Waals surface area contributed by atoms with Crippen molar-refractivity contribution in [2.75, 3.05) is 13.7 Å². The largest absolute Gasteiger partial charge is 0.496 e. The molecule has 0 unspecified atom stereocenters. The monoisotopic (exact) mass is 273 g/mol. The molecule has 0 fully saturated rings. The number of thiophene rings is 1. The highest BCUT2D eigenvalue weighted by molar-refractivity contribution is 7.10. The second kappa shape index (κ2) is 7.12. The van der Waals surface area contributed by atoms with Gasteiger partial charge >= 0.3 is 0 Å². The van der Waals surface area contributed by atoms with Crippen LogP contribution >= 0.6 is 11.3 Å². The SMILES string of the molecule is CCNCc1ccc(C=Cc2cccs2)c(OC)c1. The molecule has 0 bridgehead atoms. The highest BCUT2D eigenvalue weighted by Gasteiger charge is 2.01. The number of benzene rings is 1. The second-order valence-electron chi connectivity index (χ2n) is 4.21. The zero-order valence-electron chi connectivity index (χ0n) is 11.3. The smallest absolute Gasteiger partial charge is 0.126 e. The van der Waals surface area contributed by atoms with E-state index in [1.807, 2.05) is 0 Å². The first-order valence-corrected chi connectivity index (χ1v) is 7.30. The molecule has 1 heterocycles. The molecule has 0 saturated heterocycles. The summed E-state index contributed by atoms with van der Waals surface area (Å²) in [6, 6.07) is 10.5. The Bertz CT molecular complexity index is 532. The molecule has 0 aliphatic heterocycles. The first kappa shape index (κ1) is 13.8. The fraction of sp³-hybridized carbons (Fsp3) is 0.250. The van der Waals surface area contributed by atoms with E-state index in [-0.39, 0.29) is 0 Å². The van der Waals surface area contributed by atoms with Crippen molar-refractivity contribution in [2.24, 2.45) is 0 Å². The lowest BCUT2D eigenvalue weighted by Gasteiger charge is -2.08. The number of ether oxygens (including phenoxy) is 1. The molecule has 2 aromatic rings. The molecular weight excluding hydrogens is 254 g/mol. The third kappa shape index (κ3) is 3.94. The lowest BCUT2D eigenvalue weighted by molar-refractivity contribution is 0.413. The number of hydrogen-bond donors (Lipinski definition) is 1. The third-order valence-electron chi connectivity index (χ3n) is 2.85. The van der Waals surface area contributed by atoms with Crippen LogP contribution in [0.15, 0.2) is 35.7 Å². The Balaban J connectivity index is 2.16. The zero-order chi connectivity index (χ0) is 13.5. The summed E-state index contributed by atoms with van der Waals surface area (Å²) >= 11 is 1.73. The van der Waals surface area contributed by atoms with E-state index in [0.717, 1.165) is 24.4 Å². The average Bonchev–Trinajstić information content (AvgIpc) is 2.96. The van der Waals surface area contributed by atoms with Crippen LogP contribution in [0, 0.1) is 0 Å². The number of rotatable bonds is 6. The zero-order valence-corrected chi connectivity index (χ0v) is 12.2. The predicted molar refractivity (Wildman–Crippen MR) is 83.6 cm³/mol. The van der Waals surface area contributed by atoms with Crippen LogP contribution in [0.2, 0.25) is 0 Å². The van der Waals surface area contributed by atoms with Crippen LogP contribution in [0.1, 0.15) is 22.9 Å². The molecule has 0 amide bonds. The molecule has 1 aromatic heterocycles. The van der Waals surface area contributed by atoms with Crippen molar-refractivity contribution in [1.29, 1.82) is 0 Å². The van der Waals surface area contributed by atoms with Crippen molar-refractivity contribution in [3.05, 3.63) is 51.7 Å². The minimum absolute atomic E-state index is 0.877. The minimum atomic E-state index is 0.877. The Kier molecular flexibility index (Phi) is 5.19. The first-order valence-electron chi connectivity index (χ1n) is 6.42. The molecule has 100 valence electrons.